The molecule has 0 amide bonds. The summed E-state index contributed by atoms with van der Waals surface area (Å²) in [5.74, 6) is 0. The van der Waals surface area contributed by atoms with Crippen molar-refractivity contribution in [3.05, 3.63) is 54.4 Å². The van der Waals surface area contributed by atoms with Crippen LogP contribution in [-0.2, 0) is 115 Å². The van der Waals surface area contributed by atoms with Gasteiger partial charge in [0, 0.05) is 108 Å². The third-order valence-electron chi connectivity index (χ3n) is 1.31. The van der Waals surface area contributed by atoms with Crippen LogP contribution in [0.4, 0.5) is 0 Å². The van der Waals surface area contributed by atoms with Gasteiger partial charge in [-0.2, -0.15) is 0 Å². The van der Waals surface area contributed by atoms with Gasteiger partial charge >= 0.3 is 0 Å². The Hall–Kier alpha value is 2.01. The van der Waals surface area contributed by atoms with E-state index >= 15 is 0 Å². The van der Waals surface area contributed by atoms with Crippen molar-refractivity contribution in [2.24, 2.45) is 7.05 Å². The minimum atomic E-state index is 0. The molecule has 1 aromatic carbocycles. The maximum Gasteiger partial charge on any atom is 0 e. The zero-order valence-corrected chi connectivity index (χ0v) is 21.2. The second-order valence-corrected chi connectivity index (χ2v) is 2.50. The summed E-state index contributed by atoms with van der Waals surface area (Å²) in [4.78, 5) is 0. The Balaban J connectivity index is -0.0000000810. The van der Waals surface area contributed by atoms with Crippen molar-refractivity contribution in [3.8, 4) is 0 Å². The van der Waals surface area contributed by atoms with E-state index in [2.05, 4.69) is 29.6 Å². The van der Waals surface area contributed by atoms with Crippen LogP contribution in [-0.4, -0.2) is 9.78 Å². The van der Waals surface area contributed by atoms with Crippen LogP contribution in [0.3, 0.4) is 0 Å². The number of aromatic nitrogens is 2. The van der Waals surface area contributed by atoms with Crippen LogP contribution >= 0.6 is 0 Å². The van der Waals surface area contributed by atoms with Gasteiger partial charge in [0.15, 0.2) is 0 Å². The summed E-state index contributed by atoms with van der Waals surface area (Å²) in [5.41, 5.74) is 1.14. The molecule has 0 aliphatic carbocycles. The summed E-state index contributed by atoms with van der Waals surface area (Å²) >= 11 is 0. The molecule has 0 aliphatic rings. The van der Waals surface area contributed by atoms with Crippen molar-refractivity contribution < 1.29 is 108 Å². The van der Waals surface area contributed by atoms with E-state index in [0.717, 1.165) is 5.56 Å². The average Bonchev–Trinajstić information content (AvgIpc) is 2.58. The van der Waals surface area contributed by atoms with E-state index in [9.17, 15) is 0 Å². The smallest absolute Gasteiger partial charge is 0 e. The topological polar surface area (TPSA) is 17.8 Å². The second kappa shape index (κ2) is 18.0. The Morgan fingerprint density at radius 2 is 1.82 bits per heavy atom. The summed E-state index contributed by atoms with van der Waals surface area (Å²) in [6.45, 7) is 2.00. The van der Waals surface area contributed by atoms with Gasteiger partial charge in [0.1, 0.15) is 0 Å². The maximum absolute atomic E-state index is 3.65. The van der Waals surface area contributed by atoms with E-state index in [1.807, 2.05) is 25.1 Å². The minimum absolute atomic E-state index is 0. The molecular weight excluding hydrogens is 706 g/mol. The molecule has 0 fully saturated rings. The SMILES string of the molecule is Cc1[c-]cc[c-]c1.Cn1[c-]c[c-]n1.[W].[W].[Y].[Y]. The average molecular weight is 716 g/mol. The van der Waals surface area contributed by atoms with E-state index in [1.165, 1.54) is 0 Å². The Morgan fingerprint density at radius 3 is 2.00 bits per heavy atom. The fraction of sp³-hybridized carbons (Fsp3) is 0.182. The Kier molecular flexibility index (Phi) is 29.0. The van der Waals surface area contributed by atoms with E-state index in [4.69, 9.17) is 0 Å². The molecule has 6 heteroatoms. The van der Waals surface area contributed by atoms with Crippen molar-refractivity contribution in [2.75, 3.05) is 0 Å². The first-order valence-electron chi connectivity index (χ1n) is 3.91. The first kappa shape index (κ1) is 27.4. The summed E-state index contributed by atoms with van der Waals surface area (Å²) in [5, 5.41) is 3.65. The zero-order valence-electron chi connectivity index (χ0n) is 9.68. The van der Waals surface area contributed by atoms with E-state index in [1.54, 1.807) is 17.8 Å². The van der Waals surface area contributed by atoms with Crippen LogP contribution in [0.15, 0.2) is 24.3 Å². The predicted molar refractivity (Wildman–Crippen MR) is 49.7 cm³/mol. The van der Waals surface area contributed by atoms with E-state index < -0.39 is 0 Å². The molecule has 0 bridgehead atoms. The van der Waals surface area contributed by atoms with Gasteiger partial charge in [0.25, 0.3) is 0 Å². The van der Waals surface area contributed by atoms with Crippen LogP contribution in [0, 0.1) is 31.5 Å². The molecule has 0 atom stereocenters. The van der Waals surface area contributed by atoms with Gasteiger partial charge in [-0.15, -0.1) is 6.92 Å². The number of rotatable bonds is 0. The van der Waals surface area contributed by atoms with E-state index in [0.29, 0.717) is 0 Å². The number of hydrogen-bond donors (Lipinski definition) is 0. The standard InChI is InChI=1S/C7H6.C4H4N2.2W.2Y/c1-7-5-3-2-4-6-7;1-6-4-2-3-5-6;;;;/h2-3,6H,1H3;2H,1H3;;;;/q2*-2;;;;. The number of benzene rings is 1. The Morgan fingerprint density at radius 1 is 1.18 bits per heavy atom. The minimum Gasteiger partial charge on any atom is -0.487 e. The van der Waals surface area contributed by atoms with Gasteiger partial charge in [-0.05, 0) is 7.05 Å². The molecule has 0 spiro atoms. The fourth-order valence-electron chi connectivity index (χ4n) is 0.703. The second-order valence-electron chi connectivity index (χ2n) is 2.50. The van der Waals surface area contributed by atoms with Crippen molar-refractivity contribution in [1.82, 2.24) is 9.78 Å². The molecule has 2 aromatic rings. The quantitative estimate of drug-likeness (QED) is 0.380. The number of nitrogens with zero attached hydrogens (tertiary/aromatic N) is 2. The molecule has 0 saturated carbocycles. The molecule has 86 valence electrons. The van der Waals surface area contributed by atoms with Gasteiger partial charge in [0.05, 0.1) is 0 Å². The van der Waals surface area contributed by atoms with E-state index in [-0.39, 0.29) is 108 Å². The normalized spacial score (nSPS) is 6.71. The molecule has 2 radical (unpaired) electrons. The zero-order chi connectivity index (χ0) is 9.52. The summed E-state index contributed by atoms with van der Waals surface area (Å²) in [6, 6.07) is 13.2. The van der Waals surface area contributed by atoms with Gasteiger partial charge < -0.3 is 40.4 Å². The molecule has 1 heterocycles. The van der Waals surface area contributed by atoms with Gasteiger partial charge in [0.2, 0.25) is 0 Å². The summed E-state index contributed by atoms with van der Waals surface area (Å²) in [7, 11) is 1.80. The molecule has 2 nitrogen and oxygen atoms in total. The molecule has 0 aliphatic heterocycles. The third kappa shape index (κ3) is 16.0. The monoisotopic (exact) mass is 716 g/mol. The van der Waals surface area contributed by atoms with Crippen LogP contribution in [0.2, 0.25) is 0 Å². The molecule has 0 unspecified atom stereocenters. The molecular formula is C11H10N2W2Y2-4. The number of hydrogen-bond acceptors (Lipinski definition) is 1. The van der Waals surface area contributed by atoms with Crippen molar-refractivity contribution in [1.29, 1.82) is 0 Å². The van der Waals surface area contributed by atoms with Gasteiger partial charge in [-0.3, -0.25) is 23.8 Å². The van der Waals surface area contributed by atoms with Crippen LogP contribution in [0.25, 0.3) is 0 Å². The molecule has 0 N–H and O–H groups in total. The molecule has 2 rings (SSSR count). The van der Waals surface area contributed by atoms with Gasteiger partial charge in [-0.1, -0.05) is 0 Å². The van der Waals surface area contributed by atoms with Crippen molar-refractivity contribution in [2.45, 2.75) is 6.92 Å². The molecule has 0 saturated heterocycles. The Bertz CT molecular complexity index is 328. The van der Waals surface area contributed by atoms with Crippen LogP contribution in [0.5, 0.6) is 0 Å². The summed E-state index contributed by atoms with van der Waals surface area (Å²) in [6.07, 6.45) is 5.34. The molecule has 1 aromatic heterocycles. The first-order chi connectivity index (χ1) is 6.29. The first-order valence-corrected chi connectivity index (χ1v) is 3.91. The largest absolute Gasteiger partial charge is 0.487 e. The fourth-order valence-corrected chi connectivity index (χ4v) is 0.703. The predicted octanol–water partition coefficient (Wildman–Crippen LogP) is 1.61. The third-order valence-corrected chi connectivity index (χ3v) is 1.31. The van der Waals surface area contributed by atoms with Crippen molar-refractivity contribution >= 4 is 0 Å². The Labute approximate surface area is 182 Å². The summed E-state index contributed by atoms with van der Waals surface area (Å²) < 4.78 is 1.57. The maximum atomic E-state index is 3.65. The van der Waals surface area contributed by atoms with Crippen LogP contribution < -0.4 is 0 Å². The molecule has 17 heavy (non-hydrogen) atoms. The van der Waals surface area contributed by atoms with Crippen LogP contribution in [0.1, 0.15) is 5.56 Å². The number of aryl methyl sites for hydroxylation is 2. The van der Waals surface area contributed by atoms with Crippen molar-refractivity contribution in [3.63, 3.8) is 0 Å². The van der Waals surface area contributed by atoms with Gasteiger partial charge in [-0.25, -0.2) is 0 Å².